The zero-order valence-corrected chi connectivity index (χ0v) is 21.6. The first-order valence-corrected chi connectivity index (χ1v) is 13.8. The van der Waals surface area contributed by atoms with Gasteiger partial charge in [0.25, 0.3) is 5.56 Å². The van der Waals surface area contributed by atoms with E-state index in [9.17, 15) is 17.6 Å². The molecule has 0 amide bonds. The van der Waals surface area contributed by atoms with Crippen LogP contribution in [-0.4, -0.2) is 60.7 Å². The maximum Gasteiger partial charge on any atom is 0.301 e. The number of anilines is 1. The molecule has 10 nitrogen and oxygen atoms in total. The van der Waals surface area contributed by atoms with Crippen LogP contribution in [0.25, 0.3) is 10.9 Å². The SMILES string of the molecule is CN(CCO)S(=O)(=O)Nc1ccc(F)c(Oc2ccc3ncn(C4CC5(CCNCC5)C4)c(=O)c3c2)c1F. The van der Waals surface area contributed by atoms with E-state index in [2.05, 4.69) is 10.3 Å². The Kier molecular flexibility index (Phi) is 7.11. The Morgan fingerprint density at radius 1 is 1.24 bits per heavy atom. The molecule has 3 N–H and O–H groups in total. The number of nitrogens with one attached hydrogen (secondary N) is 2. The highest BCUT2D eigenvalue weighted by Gasteiger charge is 2.45. The maximum atomic E-state index is 15.1. The number of hydrogen-bond acceptors (Lipinski definition) is 7. The number of ether oxygens (including phenoxy) is 1. The van der Waals surface area contributed by atoms with Gasteiger partial charge in [0.1, 0.15) is 5.75 Å². The number of aromatic nitrogens is 2. The third-order valence-corrected chi connectivity index (χ3v) is 8.96. The topological polar surface area (TPSA) is 126 Å². The molecule has 1 aromatic heterocycles. The summed E-state index contributed by atoms with van der Waals surface area (Å²) in [6.07, 6.45) is 5.53. The van der Waals surface area contributed by atoms with Crippen LogP contribution in [0.15, 0.2) is 41.5 Å². The largest absolute Gasteiger partial charge is 0.451 e. The predicted octanol–water partition coefficient (Wildman–Crippen LogP) is 2.75. The molecule has 13 heteroatoms. The van der Waals surface area contributed by atoms with Gasteiger partial charge in [-0.3, -0.25) is 14.1 Å². The van der Waals surface area contributed by atoms with Gasteiger partial charge in [-0.05, 0) is 74.5 Å². The van der Waals surface area contributed by atoms with Gasteiger partial charge in [-0.1, -0.05) is 0 Å². The van der Waals surface area contributed by atoms with Crippen LogP contribution in [0.2, 0.25) is 0 Å². The Hall–Kier alpha value is -3.13. The van der Waals surface area contributed by atoms with E-state index in [1.165, 1.54) is 25.2 Å². The molecular weight excluding hydrogens is 520 g/mol. The van der Waals surface area contributed by atoms with Crippen molar-refractivity contribution in [1.29, 1.82) is 0 Å². The van der Waals surface area contributed by atoms with Gasteiger partial charge in [-0.2, -0.15) is 12.7 Å². The monoisotopic (exact) mass is 549 g/mol. The molecule has 204 valence electrons. The first-order chi connectivity index (χ1) is 18.1. The summed E-state index contributed by atoms with van der Waals surface area (Å²) in [5.74, 6) is -3.16. The Labute approximate surface area is 218 Å². The normalized spacial score (nSPS) is 17.6. The van der Waals surface area contributed by atoms with Gasteiger partial charge in [0.05, 0.1) is 29.5 Å². The minimum atomic E-state index is -4.21. The summed E-state index contributed by atoms with van der Waals surface area (Å²) in [7, 11) is -3.01. The number of hydrogen-bond donors (Lipinski definition) is 3. The van der Waals surface area contributed by atoms with E-state index in [0.29, 0.717) is 5.52 Å². The molecule has 2 heterocycles. The fraction of sp³-hybridized carbons (Fsp3) is 0.440. The van der Waals surface area contributed by atoms with Gasteiger partial charge in [-0.15, -0.1) is 0 Å². The predicted molar refractivity (Wildman–Crippen MR) is 138 cm³/mol. The zero-order chi connectivity index (χ0) is 27.1. The van der Waals surface area contributed by atoms with E-state index < -0.39 is 39.9 Å². The van der Waals surface area contributed by atoms with Crippen molar-refractivity contribution in [1.82, 2.24) is 19.2 Å². The molecule has 1 saturated heterocycles. The molecule has 0 unspecified atom stereocenters. The molecule has 1 spiro atoms. The first kappa shape index (κ1) is 26.5. The highest BCUT2D eigenvalue weighted by atomic mass is 32.2. The lowest BCUT2D eigenvalue weighted by Crippen LogP contribution is -2.47. The van der Waals surface area contributed by atoms with Crippen LogP contribution in [0.5, 0.6) is 11.5 Å². The van der Waals surface area contributed by atoms with E-state index in [1.807, 2.05) is 4.72 Å². The van der Waals surface area contributed by atoms with Crippen LogP contribution >= 0.6 is 0 Å². The summed E-state index contributed by atoms with van der Waals surface area (Å²) < 4.78 is 64.3. The molecule has 0 atom stereocenters. The van der Waals surface area contributed by atoms with Crippen LogP contribution in [0.4, 0.5) is 14.5 Å². The maximum absolute atomic E-state index is 15.1. The van der Waals surface area contributed by atoms with E-state index in [0.717, 1.165) is 55.2 Å². The van der Waals surface area contributed by atoms with E-state index in [1.54, 1.807) is 10.9 Å². The lowest BCUT2D eigenvalue weighted by molar-refractivity contribution is 0.0270. The first-order valence-electron chi connectivity index (χ1n) is 12.3. The summed E-state index contributed by atoms with van der Waals surface area (Å²) in [6, 6.07) is 6.18. The number of nitrogens with zero attached hydrogens (tertiary/aromatic N) is 3. The van der Waals surface area contributed by atoms with Crippen LogP contribution < -0.4 is 20.3 Å². The van der Waals surface area contributed by atoms with Crippen molar-refractivity contribution in [3.05, 3.63) is 58.6 Å². The number of piperidine rings is 1. The average molecular weight is 550 g/mol. The second-order valence-corrected chi connectivity index (χ2v) is 11.7. The fourth-order valence-electron chi connectivity index (χ4n) is 5.24. The van der Waals surface area contributed by atoms with Crippen molar-refractivity contribution in [3.63, 3.8) is 0 Å². The summed E-state index contributed by atoms with van der Waals surface area (Å²) in [4.78, 5) is 17.7. The van der Waals surface area contributed by atoms with Crippen molar-refractivity contribution in [2.75, 3.05) is 38.0 Å². The number of halogens is 2. The fourth-order valence-corrected chi connectivity index (χ4v) is 6.15. The minimum absolute atomic E-state index is 0.00668. The van der Waals surface area contributed by atoms with Gasteiger partial charge in [-0.25, -0.2) is 13.8 Å². The Balaban J connectivity index is 1.40. The molecular formula is C25H29F2N5O5S. The van der Waals surface area contributed by atoms with Gasteiger partial charge in [0.2, 0.25) is 5.75 Å². The molecule has 5 rings (SSSR count). The molecule has 1 aliphatic carbocycles. The summed E-state index contributed by atoms with van der Waals surface area (Å²) >= 11 is 0. The molecule has 2 fully saturated rings. The minimum Gasteiger partial charge on any atom is -0.451 e. The van der Waals surface area contributed by atoms with Crippen molar-refractivity contribution in [3.8, 4) is 11.5 Å². The van der Waals surface area contributed by atoms with Crippen molar-refractivity contribution < 1.29 is 27.0 Å². The number of likely N-dealkylation sites (N-methyl/N-ethyl adjacent to an activating group) is 1. The van der Waals surface area contributed by atoms with E-state index in [-0.39, 0.29) is 34.7 Å². The third-order valence-electron chi connectivity index (χ3n) is 7.48. The zero-order valence-electron chi connectivity index (χ0n) is 20.8. The second kappa shape index (κ2) is 10.2. The smallest absolute Gasteiger partial charge is 0.301 e. The second-order valence-electron chi connectivity index (χ2n) is 9.94. The number of aliphatic hydroxyl groups excluding tert-OH is 1. The standard InChI is InChI=1S/C25H29F2N5O5S/c1-31(10-11-33)38(35,36)30-21-5-3-19(26)23(22(21)27)37-17-2-4-20-18(12-17)24(34)32(15-29-20)16-13-25(14-16)6-8-28-9-7-25/h2-5,12,15-16,28,30,33H,6-11,13-14H2,1H3. The summed E-state index contributed by atoms with van der Waals surface area (Å²) in [6.45, 7) is 1.30. The van der Waals surface area contributed by atoms with Crippen LogP contribution in [0.1, 0.15) is 31.7 Å². The van der Waals surface area contributed by atoms with Gasteiger partial charge in [0.15, 0.2) is 11.6 Å². The van der Waals surface area contributed by atoms with Crippen LogP contribution in [0, 0.1) is 17.0 Å². The molecule has 0 radical (unpaired) electrons. The quantitative estimate of drug-likeness (QED) is 0.395. The van der Waals surface area contributed by atoms with Crippen LogP contribution in [-0.2, 0) is 10.2 Å². The lowest BCUT2D eigenvalue weighted by Gasteiger charge is -2.50. The molecule has 2 aliphatic rings. The molecule has 2 aromatic carbocycles. The van der Waals surface area contributed by atoms with E-state index >= 15 is 4.39 Å². The Morgan fingerprint density at radius 3 is 2.68 bits per heavy atom. The van der Waals surface area contributed by atoms with Crippen molar-refractivity contribution in [2.24, 2.45) is 5.41 Å². The van der Waals surface area contributed by atoms with Gasteiger partial charge in [0, 0.05) is 19.6 Å². The highest BCUT2D eigenvalue weighted by molar-refractivity contribution is 7.90. The van der Waals surface area contributed by atoms with Crippen LogP contribution in [0.3, 0.4) is 0 Å². The molecule has 38 heavy (non-hydrogen) atoms. The van der Waals surface area contributed by atoms with Crippen molar-refractivity contribution >= 4 is 26.8 Å². The van der Waals surface area contributed by atoms with Gasteiger partial charge >= 0.3 is 10.2 Å². The number of aliphatic hydroxyl groups is 1. The average Bonchev–Trinajstić information content (AvgIpc) is 2.88. The molecule has 3 aromatic rings. The summed E-state index contributed by atoms with van der Waals surface area (Å²) in [5.41, 5.74) is -0.107. The van der Waals surface area contributed by atoms with Gasteiger partial charge < -0.3 is 15.2 Å². The Morgan fingerprint density at radius 2 is 1.97 bits per heavy atom. The number of fused-ring (bicyclic) bond motifs is 1. The third kappa shape index (κ3) is 4.98. The van der Waals surface area contributed by atoms with E-state index in [4.69, 9.17) is 9.84 Å². The number of benzene rings is 2. The summed E-state index contributed by atoms with van der Waals surface area (Å²) in [5, 5.41) is 12.6. The Bertz CT molecular complexity index is 1520. The lowest BCUT2D eigenvalue weighted by atomic mass is 9.60. The number of rotatable bonds is 8. The van der Waals surface area contributed by atoms with Crippen molar-refractivity contribution in [2.45, 2.75) is 31.7 Å². The highest BCUT2D eigenvalue weighted by Crippen LogP contribution is 2.53. The molecule has 1 aliphatic heterocycles. The molecule has 0 bridgehead atoms. The molecule has 1 saturated carbocycles.